The maximum absolute atomic E-state index is 12.2. The van der Waals surface area contributed by atoms with Gasteiger partial charge in [-0.2, -0.15) is 0 Å². The molecule has 28 heavy (non-hydrogen) atoms. The van der Waals surface area contributed by atoms with Crippen LogP contribution in [0.3, 0.4) is 0 Å². The van der Waals surface area contributed by atoms with Crippen LogP contribution in [0.5, 0.6) is 0 Å². The molecule has 8 nitrogen and oxygen atoms in total. The van der Waals surface area contributed by atoms with Gasteiger partial charge in [0.2, 0.25) is 0 Å². The van der Waals surface area contributed by atoms with Crippen molar-refractivity contribution in [3.05, 3.63) is 47.8 Å². The van der Waals surface area contributed by atoms with Crippen molar-refractivity contribution in [2.75, 3.05) is 18.1 Å². The minimum absolute atomic E-state index is 0.0249. The first-order chi connectivity index (χ1) is 13.7. The summed E-state index contributed by atoms with van der Waals surface area (Å²) in [5.41, 5.74) is 11.3. The lowest BCUT2D eigenvalue weighted by atomic mass is 10.0. The number of fused-ring (bicyclic) bond motifs is 3. The molecule has 0 bridgehead atoms. The van der Waals surface area contributed by atoms with Crippen molar-refractivity contribution in [2.45, 2.75) is 31.1 Å². The summed E-state index contributed by atoms with van der Waals surface area (Å²) in [6, 6.07) is 9.92. The van der Waals surface area contributed by atoms with E-state index in [0.29, 0.717) is 13.0 Å². The lowest BCUT2D eigenvalue weighted by molar-refractivity contribution is 0.0390. The third-order valence-electron chi connectivity index (χ3n) is 5.54. The third kappa shape index (κ3) is 2.64. The van der Waals surface area contributed by atoms with Gasteiger partial charge in [-0.1, -0.05) is 17.3 Å². The van der Waals surface area contributed by atoms with Crippen molar-refractivity contribution in [1.29, 1.82) is 0 Å². The smallest absolute Gasteiger partial charge is 0.415 e. The molecule has 1 aromatic carbocycles. The Hall–Kier alpha value is -2.97. The summed E-state index contributed by atoms with van der Waals surface area (Å²) in [4.78, 5) is 23.5. The number of benzene rings is 1. The number of hydrogen-bond acceptors (Lipinski definition) is 7. The van der Waals surface area contributed by atoms with Crippen molar-refractivity contribution >= 4 is 17.5 Å². The number of ether oxygens (including phenoxy) is 1. The van der Waals surface area contributed by atoms with Gasteiger partial charge in [0.05, 0.1) is 24.0 Å². The number of pyridine rings is 1. The SMILES string of the molecule is NC[C@@H]1OC(=O)N2c3ccc(-c4ccc(C5=NOC(CO)C5)nc4)cc3C[C@@H]12. The van der Waals surface area contributed by atoms with Gasteiger partial charge in [0, 0.05) is 24.7 Å². The number of aliphatic hydroxyl groups excluding tert-OH is 1. The van der Waals surface area contributed by atoms with Gasteiger partial charge in [-0.3, -0.25) is 9.88 Å². The second-order valence-electron chi connectivity index (χ2n) is 7.23. The molecule has 3 aliphatic heterocycles. The summed E-state index contributed by atoms with van der Waals surface area (Å²) >= 11 is 0. The first kappa shape index (κ1) is 17.2. The van der Waals surface area contributed by atoms with Gasteiger partial charge in [0.1, 0.15) is 11.8 Å². The van der Waals surface area contributed by atoms with Crippen LogP contribution in [0.15, 0.2) is 41.7 Å². The molecule has 0 radical (unpaired) electrons. The molecule has 0 aliphatic carbocycles. The quantitative estimate of drug-likeness (QED) is 0.831. The lowest BCUT2D eigenvalue weighted by Gasteiger charge is -2.14. The Balaban J connectivity index is 1.39. The summed E-state index contributed by atoms with van der Waals surface area (Å²) in [7, 11) is 0. The second-order valence-corrected chi connectivity index (χ2v) is 7.23. The minimum atomic E-state index is -0.321. The number of aromatic nitrogens is 1. The number of rotatable bonds is 4. The maximum Gasteiger partial charge on any atom is 0.415 e. The molecule has 1 aromatic heterocycles. The number of cyclic esters (lactones) is 1. The van der Waals surface area contributed by atoms with E-state index in [-0.39, 0.29) is 30.9 Å². The Morgan fingerprint density at radius 3 is 2.79 bits per heavy atom. The Labute approximate surface area is 161 Å². The van der Waals surface area contributed by atoms with Crippen LogP contribution in [-0.4, -0.2) is 53.3 Å². The topological polar surface area (TPSA) is 110 Å². The Morgan fingerprint density at radius 2 is 2.07 bits per heavy atom. The Morgan fingerprint density at radius 1 is 1.21 bits per heavy atom. The monoisotopic (exact) mass is 380 g/mol. The molecule has 0 saturated carbocycles. The van der Waals surface area contributed by atoms with Crippen LogP contribution in [0, 0.1) is 0 Å². The number of amides is 1. The maximum atomic E-state index is 12.2. The molecule has 4 heterocycles. The highest BCUT2D eigenvalue weighted by Gasteiger charge is 2.46. The molecule has 3 aliphatic rings. The van der Waals surface area contributed by atoms with Crippen LogP contribution in [0.1, 0.15) is 17.7 Å². The Bertz CT molecular complexity index is 959. The molecular formula is C20H20N4O4. The summed E-state index contributed by atoms with van der Waals surface area (Å²) in [5.74, 6) is 0. The highest BCUT2D eigenvalue weighted by molar-refractivity contribution is 6.00. The highest BCUT2D eigenvalue weighted by atomic mass is 16.6. The van der Waals surface area contributed by atoms with Crippen LogP contribution in [0.2, 0.25) is 0 Å². The van der Waals surface area contributed by atoms with Gasteiger partial charge in [-0.15, -0.1) is 0 Å². The number of hydrogen-bond donors (Lipinski definition) is 2. The van der Waals surface area contributed by atoms with Gasteiger partial charge in [0.25, 0.3) is 0 Å². The average molecular weight is 380 g/mol. The third-order valence-corrected chi connectivity index (χ3v) is 5.54. The first-order valence-electron chi connectivity index (χ1n) is 9.31. The molecule has 1 fully saturated rings. The number of carbonyl (C=O) groups is 1. The summed E-state index contributed by atoms with van der Waals surface area (Å²) in [6.45, 7) is 0.265. The minimum Gasteiger partial charge on any atom is -0.442 e. The number of oxime groups is 1. The second kappa shape index (κ2) is 6.57. The van der Waals surface area contributed by atoms with Gasteiger partial charge < -0.3 is 20.4 Å². The van der Waals surface area contributed by atoms with E-state index in [1.54, 1.807) is 11.1 Å². The molecule has 0 spiro atoms. The van der Waals surface area contributed by atoms with Crippen LogP contribution in [0.25, 0.3) is 11.1 Å². The molecular weight excluding hydrogens is 360 g/mol. The van der Waals surface area contributed by atoms with Gasteiger partial charge in [-0.05, 0) is 35.7 Å². The molecule has 5 rings (SSSR count). The zero-order valence-corrected chi connectivity index (χ0v) is 15.1. The van der Waals surface area contributed by atoms with E-state index in [2.05, 4.69) is 16.2 Å². The molecule has 2 aromatic rings. The molecule has 1 amide bonds. The predicted octanol–water partition coefficient (Wildman–Crippen LogP) is 1.44. The van der Waals surface area contributed by atoms with E-state index in [1.807, 2.05) is 24.3 Å². The average Bonchev–Trinajstić information content (AvgIpc) is 3.42. The van der Waals surface area contributed by atoms with Gasteiger partial charge >= 0.3 is 6.09 Å². The molecule has 8 heteroatoms. The van der Waals surface area contributed by atoms with Crippen LogP contribution in [-0.2, 0) is 16.0 Å². The van der Waals surface area contributed by atoms with E-state index >= 15 is 0 Å². The molecule has 144 valence electrons. The largest absolute Gasteiger partial charge is 0.442 e. The fourth-order valence-electron chi connectivity index (χ4n) is 4.07. The normalized spacial score (nSPS) is 25.2. The van der Waals surface area contributed by atoms with E-state index in [1.165, 1.54) is 0 Å². The lowest BCUT2D eigenvalue weighted by Crippen LogP contribution is -2.37. The van der Waals surface area contributed by atoms with Gasteiger partial charge in [-0.25, -0.2) is 4.79 Å². The number of nitrogens with two attached hydrogens (primary N) is 1. The van der Waals surface area contributed by atoms with Crippen molar-refractivity contribution < 1.29 is 19.5 Å². The number of anilines is 1. The number of carbonyl (C=O) groups excluding carboxylic acids is 1. The van der Waals surface area contributed by atoms with Gasteiger partial charge in [0.15, 0.2) is 6.10 Å². The van der Waals surface area contributed by atoms with E-state index < -0.39 is 0 Å². The number of aliphatic hydroxyl groups is 1. The molecule has 3 atom stereocenters. The fraction of sp³-hybridized carbons (Fsp3) is 0.350. The van der Waals surface area contributed by atoms with E-state index in [0.717, 1.165) is 40.2 Å². The molecule has 1 saturated heterocycles. The zero-order valence-electron chi connectivity index (χ0n) is 15.1. The predicted molar refractivity (Wildman–Crippen MR) is 102 cm³/mol. The summed E-state index contributed by atoms with van der Waals surface area (Å²) in [6.07, 6.45) is 2.22. The van der Waals surface area contributed by atoms with Crippen molar-refractivity contribution in [3.8, 4) is 11.1 Å². The summed E-state index contributed by atoms with van der Waals surface area (Å²) < 4.78 is 5.34. The van der Waals surface area contributed by atoms with Crippen LogP contribution < -0.4 is 10.6 Å². The van der Waals surface area contributed by atoms with Crippen LogP contribution >= 0.6 is 0 Å². The Kier molecular flexibility index (Phi) is 4.03. The van der Waals surface area contributed by atoms with Crippen molar-refractivity contribution in [1.82, 2.24) is 4.98 Å². The van der Waals surface area contributed by atoms with E-state index in [4.69, 9.17) is 20.4 Å². The van der Waals surface area contributed by atoms with E-state index in [9.17, 15) is 4.79 Å². The first-order valence-corrected chi connectivity index (χ1v) is 9.31. The van der Waals surface area contributed by atoms with Crippen molar-refractivity contribution in [3.63, 3.8) is 0 Å². The summed E-state index contributed by atoms with van der Waals surface area (Å²) in [5, 5.41) is 13.1. The standard InChI is InChI=1S/C20H20N4O4/c21-8-19-18-6-13-5-11(2-4-17(13)24(18)20(26)27-19)12-1-3-15(22-9-12)16-7-14(10-25)28-23-16/h1-5,9,14,18-19,25H,6-8,10,21H2/t14?,18-,19-/m0/s1. The number of nitrogens with zero attached hydrogens (tertiary/aromatic N) is 3. The fourth-order valence-corrected chi connectivity index (χ4v) is 4.07. The highest BCUT2D eigenvalue weighted by Crippen LogP contribution is 2.40. The zero-order chi connectivity index (χ0) is 19.3. The van der Waals surface area contributed by atoms with Crippen molar-refractivity contribution in [2.24, 2.45) is 10.9 Å². The van der Waals surface area contributed by atoms with Crippen LogP contribution in [0.4, 0.5) is 10.5 Å². The molecule has 1 unspecified atom stereocenters. The molecule has 3 N–H and O–H groups in total.